The molecule has 2 aromatic rings. The fraction of sp³-hybridized carbons (Fsp3) is 0.438. The van der Waals surface area contributed by atoms with Crippen molar-refractivity contribution in [2.24, 2.45) is 0 Å². The Morgan fingerprint density at radius 3 is 2.68 bits per heavy atom. The van der Waals surface area contributed by atoms with Crippen molar-refractivity contribution in [1.29, 1.82) is 0 Å². The van der Waals surface area contributed by atoms with E-state index in [1.165, 1.54) is 0 Å². The van der Waals surface area contributed by atoms with Crippen LogP contribution in [0, 0.1) is 0 Å². The van der Waals surface area contributed by atoms with E-state index in [2.05, 4.69) is 14.9 Å². The van der Waals surface area contributed by atoms with Gasteiger partial charge in [-0.05, 0) is 29.1 Å². The van der Waals surface area contributed by atoms with Gasteiger partial charge in [0, 0.05) is 19.4 Å². The number of amides is 1. The van der Waals surface area contributed by atoms with E-state index in [1.54, 1.807) is 0 Å². The van der Waals surface area contributed by atoms with E-state index < -0.39 is 5.60 Å². The van der Waals surface area contributed by atoms with Crippen LogP contribution in [-0.2, 0) is 19.3 Å². The first kappa shape index (κ1) is 15.1. The normalized spacial score (nSPS) is 15.5. The summed E-state index contributed by atoms with van der Waals surface area (Å²) >= 11 is 1.11. The van der Waals surface area contributed by atoms with Crippen molar-refractivity contribution >= 4 is 17.4 Å². The van der Waals surface area contributed by atoms with Gasteiger partial charge in [-0.15, -0.1) is 5.10 Å². The number of aromatic nitrogens is 2. The average Bonchev–Trinajstić information content (AvgIpc) is 3.09. The van der Waals surface area contributed by atoms with Crippen LogP contribution in [0.1, 0.15) is 39.8 Å². The van der Waals surface area contributed by atoms with Crippen LogP contribution in [-0.4, -0.2) is 32.7 Å². The van der Waals surface area contributed by atoms with Gasteiger partial charge in [-0.3, -0.25) is 4.79 Å². The van der Waals surface area contributed by atoms with Gasteiger partial charge in [-0.2, -0.15) is 0 Å². The monoisotopic (exact) mass is 317 g/mol. The molecule has 0 fully saturated rings. The number of aryl methyl sites for hydroxylation is 1. The number of nitrogens with one attached hydrogen (secondary N) is 1. The Morgan fingerprint density at radius 2 is 2.05 bits per heavy atom. The topological polar surface area (TPSA) is 75.1 Å². The van der Waals surface area contributed by atoms with Gasteiger partial charge >= 0.3 is 0 Å². The molecule has 1 heterocycles. The van der Waals surface area contributed by atoms with Crippen LogP contribution in [0.3, 0.4) is 0 Å². The molecule has 0 aliphatic heterocycles. The zero-order valence-electron chi connectivity index (χ0n) is 12.5. The molecule has 0 radical (unpaired) electrons. The second kappa shape index (κ2) is 6.14. The van der Waals surface area contributed by atoms with Crippen LogP contribution in [0.25, 0.3) is 0 Å². The summed E-state index contributed by atoms with van der Waals surface area (Å²) in [5.74, 6) is -0.192. The number of hydrogen-bond donors (Lipinski definition) is 2. The van der Waals surface area contributed by atoms with E-state index in [-0.39, 0.29) is 12.5 Å². The molecule has 0 spiro atoms. The fourth-order valence-corrected chi connectivity index (χ4v) is 3.53. The Balaban J connectivity index is 1.63. The van der Waals surface area contributed by atoms with Gasteiger partial charge in [0.05, 0.1) is 11.3 Å². The minimum atomic E-state index is -0.900. The van der Waals surface area contributed by atoms with E-state index in [4.69, 9.17) is 0 Å². The van der Waals surface area contributed by atoms with Crippen molar-refractivity contribution in [1.82, 2.24) is 14.9 Å². The highest BCUT2D eigenvalue weighted by Crippen LogP contribution is 2.29. The van der Waals surface area contributed by atoms with Gasteiger partial charge in [-0.25, -0.2) is 0 Å². The highest BCUT2D eigenvalue weighted by Gasteiger charge is 2.35. The third-order valence-corrected chi connectivity index (χ3v) is 4.75. The van der Waals surface area contributed by atoms with E-state index in [0.29, 0.717) is 17.7 Å². The first-order valence-electron chi connectivity index (χ1n) is 7.50. The number of fused-ring (bicyclic) bond motifs is 1. The Morgan fingerprint density at radius 1 is 1.36 bits per heavy atom. The molecule has 2 N–H and O–H groups in total. The number of aliphatic hydroxyl groups is 1. The molecule has 22 heavy (non-hydrogen) atoms. The van der Waals surface area contributed by atoms with Gasteiger partial charge in [-0.1, -0.05) is 42.1 Å². The predicted molar refractivity (Wildman–Crippen MR) is 85.0 cm³/mol. The Kier molecular flexibility index (Phi) is 4.22. The molecule has 5 nitrogen and oxygen atoms in total. The lowest BCUT2D eigenvalue weighted by Gasteiger charge is -2.22. The van der Waals surface area contributed by atoms with Crippen LogP contribution in [0.4, 0.5) is 0 Å². The second-order valence-corrected chi connectivity index (χ2v) is 6.58. The molecule has 116 valence electrons. The summed E-state index contributed by atoms with van der Waals surface area (Å²) in [6, 6.07) is 8.01. The maximum atomic E-state index is 12.3. The molecular formula is C16H19N3O2S. The van der Waals surface area contributed by atoms with Crippen molar-refractivity contribution in [3.8, 4) is 0 Å². The van der Waals surface area contributed by atoms with Crippen molar-refractivity contribution in [3.63, 3.8) is 0 Å². The van der Waals surface area contributed by atoms with E-state index in [1.807, 2.05) is 31.2 Å². The maximum absolute atomic E-state index is 12.3. The molecule has 1 amide bonds. The molecule has 1 aromatic heterocycles. The molecule has 0 unspecified atom stereocenters. The van der Waals surface area contributed by atoms with Gasteiger partial charge in [0.15, 0.2) is 0 Å². The number of carbonyl (C=O) groups is 1. The lowest BCUT2D eigenvalue weighted by atomic mass is 10.0. The second-order valence-electron chi connectivity index (χ2n) is 5.83. The zero-order valence-corrected chi connectivity index (χ0v) is 13.3. The van der Waals surface area contributed by atoms with E-state index in [0.717, 1.165) is 41.2 Å². The van der Waals surface area contributed by atoms with Gasteiger partial charge in [0.2, 0.25) is 0 Å². The van der Waals surface area contributed by atoms with Crippen LogP contribution in [0.15, 0.2) is 24.3 Å². The quantitative estimate of drug-likeness (QED) is 0.881. The molecule has 0 atom stereocenters. The van der Waals surface area contributed by atoms with Gasteiger partial charge < -0.3 is 10.4 Å². The SMILES string of the molecule is CCCc1nnsc1C(=O)NCC1(O)Cc2ccccc2C1. The molecule has 0 bridgehead atoms. The summed E-state index contributed by atoms with van der Waals surface area (Å²) in [6.45, 7) is 2.28. The summed E-state index contributed by atoms with van der Waals surface area (Å²) in [4.78, 5) is 12.8. The lowest BCUT2D eigenvalue weighted by Crippen LogP contribution is -2.43. The molecule has 1 aliphatic carbocycles. The number of rotatable bonds is 5. The maximum Gasteiger partial charge on any atom is 0.265 e. The molecule has 6 heteroatoms. The van der Waals surface area contributed by atoms with Crippen LogP contribution in [0.2, 0.25) is 0 Å². The van der Waals surface area contributed by atoms with Crippen LogP contribution in [0.5, 0.6) is 0 Å². The minimum absolute atomic E-state index is 0.192. The zero-order chi connectivity index (χ0) is 15.6. The molecule has 0 saturated carbocycles. The van der Waals surface area contributed by atoms with E-state index >= 15 is 0 Å². The lowest BCUT2D eigenvalue weighted by molar-refractivity contribution is 0.0480. The largest absolute Gasteiger partial charge is 0.387 e. The molecular weight excluding hydrogens is 298 g/mol. The Bertz CT molecular complexity index is 659. The smallest absolute Gasteiger partial charge is 0.265 e. The average molecular weight is 317 g/mol. The summed E-state index contributed by atoms with van der Waals surface area (Å²) < 4.78 is 3.86. The predicted octanol–water partition coefficient (Wildman–Crippen LogP) is 1.75. The first-order valence-corrected chi connectivity index (χ1v) is 8.27. The summed E-state index contributed by atoms with van der Waals surface area (Å²) in [6.07, 6.45) is 2.82. The summed E-state index contributed by atoms with van der Waals surface area (Å²) in [5, 5.41) is 17.5. The minimum Gasteiger partial charge on any atom is -0.387 e. The Labute approximate surface area is 133 Å². The first-order chi connectivity index (χ1) is 10.6. The van der Waals surface area contributed by atoms with Crippen molar-refractivity contribution in [3.05, 3.63) is 46.0 Å². The third kappa shape index (κ3) is 3.03. The summed E-state index contributed by atoms with van der Waals surface area (Å²) in [7, 11) is 0. The van der Waals surface area contributed by atoms with Crippen LogP contribution >= 0.6 is 11.5 Å². The van der Waals surface area contributed by atoms with Crippen molar-refractivity contribution in [2.75, 3.05) is 6.54 Å². The molecule has 0 saturated heterocycles. The van der Waals surface area contributed by atoms with Gasteiger partial charge in [0.25, 0.3) is 5.91 Å². The Hall–Kier alpha value is -1.79. The molecule has 1 aliphatic rings. The number of benzene rings is 1. The van der Waals surface area contributed by atoms with Crippen molar-refractivity contribution < 1.29 is 9.90 Å². The number of hydrogen-bond acceptors (Lipinski definition) is 5. The van der Waals surface area contributed by atoms with Crippen molar-refractivity contribution in [2.45, 2.75) is 38.2 Å². The number of nitrogens with zero attached hydrogens (tertiary/aromatic N) is 2. The number of carbonyl (C=O) groups excluding carboxylic acids is 1. The van der Waals surface area contributed by atoms with Crippen LogP contribution < -0.4 is 5.32 Å². The highest BCUT2D eigenvalue weighted by molar-refractivity contribution is 7.08. The molecule has 3 rings (SSSR count). The third-order valence-electron chi connectivity index (χ3n) is 3.98. The fourth-order valence-electron chi connectivity index (χ4n) is 2.91. The molecule has 1 aromatic carbocycles. The van der Waals surface area contributed by atoms with E-state index in [9.17, 15) is 9.90 Å². The summed E-state index contributed by atoms with van der Waals surface area (Å²) in [5.41, 5.74) is 2.16. The standard InChI is InChI=1S/C16H19N3O2S/c1-2-5-13-14(22-19-18-13)15(20)17-10-16(21)8-11-6-3-4-7-12(11)9-16/h3-4,6-7,21H,2,5,8-10H2,1H3,(H,17,20). The van der Waals surface area contributed by atoms with Gasteiger partial charge in [0.1, 0.15) is 4.88 Å². The highest BCUT2D eigenvalue weighted by atomic mass is 32.1.